The highest BCUT2D eigenvalue weighted by Crippen LogP contribution is 2.52. The van der Waals surface area contributed by atoms with Gasteiger partial charge in [-0.25, -0.2) is 4.39 Å². The first-order chi connectivity index (χ1) is 19.2. The van der Waals surface area contributed by atoms with E-state index >= 15 is 4.39 Å². The van der Waals surface area contributed by atoms with Gasteiger partial charge in [-0.05, 0) is 99.6 Å². The Hall–Kier alpha value is -2.99. The number of aryl methyl sites for hydroxylation is 2. The molecule has 4 aliphatic rings. The predicted molar refractivity (Wildman–Crippen MR) is 157 cm³/mol. The first-order valence-corrected chi connectivity index (χ1v) is 15.0. The van der Waals surface area contributed by atoms with Gasteiger partial charge in [0, 0.05) is 25.4 Å². The molecule has 214 valence electrons. The summed E-state index contributed by atoms with van der Waals surface area (Å²) < 4.78 is 15.4. The molecule has 6 rings (SSSR count). The van der Waals surface area contributed by atoms with E-state index in [4.69, 9.17) is 0 Å². The maximum atomic E-state index is 15.4. The van der Waals surface area contributed by atoms with Gasteiger partial charge in [0.15, 0.2) is 0 Å². The van der Waals surface area contributed by atoms with Crippen molar-refractivity contribution < 1.29 is 14.0 Å². The number of piperidine rings is 3. The Balaban J connectivity index is 1.39. The number of halogens is 1. The van der Waals surface area contributed by atoms with Gasteiger partial charge in [-0.2, -0.15) is 0 Å². The number of fused-ring (bicyclic) bond motifs is 3. The number of carbonyl (C=O) groups excluding carboxylic acids is 2. The maximum absolute atomic E-state index is 15.4. The van der Waals surface area contributed by atoms with Crippen LogP contribution in [-0.2, 0) is 27.8 Å². The molecule has 0 aromatic heterocycles. The number of amides is 2. The Labute approximate surface area is 238 Å². The van der Waals surface area contributed by atoms with Gasteiger partial charge in [0.2, 0.25) is 11.8 Å². The lowest BCUT2D eigenvalue weighted by atomic mass is 9.84. The van der Waals surface area contributed by atoms with Gasteiger partial charge in [-0.3, -0.25) is 14.5 Å². The lowest BCUT2D eigenvalue weighted by molar-refractivity contribution is -0.140. The first-order valence-electron chi connectivity index (χ1n) is 15.0. The van der Waals surface area contributed by atoms with Crippen LogP contribution in [0.2, 0.25) is 0 Å². The topological polar surface area (TPSA) is 52.7 Å². The van der Waals surface area contributed by atoms with Crippen LogP contribution in [0.1, 0.15) is 68.2 Å². The van der Waals surface area contributed by atoms with Crippen molar-refractivity contribution in [2.24, 2.45) is 11.8 Å². The highest BCUT2D eigenvalue weighted by Gasteiger charge is 2.56. The van der Waals surface area contributed by atoms with Crippen LogP contribution in [0.15, 0.2) is 54.2 Å². The summed E-state index contributed by atoms with van der Waals surface area (Å²) in [5.74, 6) is 0.244. The zero-order chi connectivity index (χ0) is 28.4. The van der Waals surface area contributed by atoms with E-state index in [0.29, 0.717) is 43.1 Å². The van der Waals surface area contributed by atoms with E-state index in [1.54, 1.807) is 18.0 Å². The van der Waals surface area contributed by atoms with E-state index in [0.717, 1.165) is 50.0 Å². The molecule has 3 saturated heterocycles. The van der Waals surface area contributed by atoms with Crippen molar-refractivity contribution in [3.8, 4) is 0 Å². The van der Waals surface area contributed by atoms with Crippen LogP contribution in [0, 0.1) is 24.6 Å². The van der Waals surface area contributed by atoms with Crippen molar-refractivity contribution in [2.75, 3.05) is 26.7 Å². The van der Waals surface area contributed by atoms with Gasteiger partial charge in [0.25, 0.3) is 0 Å². The van der Waals surface area contributed by atoms with E-state index in [9.17, 15) is 9.59 Å². The zero-order valence-electron chi connectivity index (χ0n) is 24.5. The normalized spacial score (nSPS) is 22.8. The molecule has 0 spiro atoms. The van der Waals surface area contributed by atoms with Gasteiger partial charge >= 0.3 is 0 Å². The summed E-state index contributed by atoms with van der Waals surface area (Å²) in [6.07, 6.45) is 7.29. The Bertz CT molecular complexity index is 1260. The minimum absolute atomic E-state index is 0.151. The van der Waals surface area contributed by atoms with Crippen LogP contribution in [-0.4, -0.2) is 54.3 Å². The van der Waals surface area contributed by atoms with E-state index in [1.165, 1.54) is 17.2 Å². The van der Waals surface area contributed by atoms with E-state index in [2.05, 4.69) is 55.3 Å². The fourth-order valence-electron chi connectivity index (χ4n) is 6.72. The van der Waals surface area contributed by atoms with Crippen LogP contribution in [0.4, 0.5) is 4.39 Å². The Morgan fingerprint density at radius 1 is 1.12 bits per heavy atom. The molecule has 1 atom stereocenters. The van der Waals surface area contributed by atoms with Crippen LogP contribution in [0.25, 0.3) is 0 Å². The van der Waals surface area contributed by atoms with Gasteiger partial charge in [-0.15, -0.1) is 0 Å². The molecule has 3 heterocycles. The SMILES string of the molecule is Cc1ccc(CCC(C(=O)N/C=C2\CN3CCC2CC3)N(C)C(=O)C2(c3c(F)cccc3CC(C)C)CC2)cc1. The number of carbonyl (C=O) groups is 2. The van der Waals surface area contributed by atoms with E-state index in [1.807, 2.05) is 12.3 Å². The van der Waals surface area contributed by atoms with Crippen LogP contribution < -0.4 is 5.32 Å². The Morgan fingerprint density at radius 3 is 2.42 bits per heavy atom. The van der Waals surface area contributed by atoms with Gasteiger partial charge in [-0.1, -0.05) is 55.8 Å². The van der Waals surface area contributed by atoms with Gasteiger partial charge < -0.3 is 10.2 Å². The molecule has 40 heavy (non-hydrogen) atoms. The standard InChI is InChI=1S/C34H44FN3O2/c1-23(2)20-27-6-5-7-29(35)31(27)34(16-17-34)33(40)37(4)30(13-12-25-10-8-24(3)9-11-25)32(39)36-21-28-22-38-18-14-26(28)15-19-38/h5-11,21,23,26,30H,12-20,22H2,1-4H3,(H,36,39)/b28-21+. The molecule has 4 fully saturated rings. The Kier molecular flexibility index (Phi) is 8.46. The summed E-state index contributed by atoms with van der Waals surface area (Å²) in [5, 5.41) is 3.08. The zero-order valence-corrected chi connectivity index (χ0v) is 24.5. The van der Waals surface area contributed by atoms with Crippen molar-refractivity contribution in [1.29, 1.82) is 0 Å². The number of hydrogen-bond acceptors (Lipinski definition) is 3. The lowest BCUT2D eigenvalue weighted by Crippen LogP contribution is -2.50. The van der Waals surface area contributed by atoms with Gasteiger partial charge in [0.05, 0.1) is 5.41 Å². The fraction of sp³-hybridized carbons (Fsp3) is 0.529. The molecule has 2 aromatic rings. The van der Waals surface area contributed by atoms with Crippen molar-refractivity contribution >= 4 is 11.8 Å². The molecule has 6 heteroatoms. The third-order valence-electron chi connectivity index (χ3n) is 9.20. The first kappa shape index (κ1) is 28.5. The minimum atomic E-state index is -0.888. The number of benzene rings is 2. The summed E-state index contributed by atoms with van der Waals surface area (Å²) in [4.78, 5) is 32.0. The Morgan fingerprint density at radius 2 is 1.82 bits per heavy atom. The summed E-state index contributed by atoms with van der Waals surface area (Å²) in [6.45, 7) is 9.43. The third kappa shape index (κ3) is 6.02. The van der Waals surface area contributed by atoms with E-state index in [-0.39, 0.29) is 17.6 Å². The molecular formula is C34H44FN3O2. The van der Waals surface area contributed by atoms with E-state index < -0.39 is 11.5 Å². The van der Waals surface area contributed by atoms with Crippen LogP contribution in [0.3, 0.4) is 0 Å². The van der Waals surface area contributed by atoms with Gasteiger partial charge in [0.1, 0.15) is 11.9 Å². The molecule has 1 saturated carbocycles. The lowest BCUT2D eigenvalue weighted by Gasteiger charge is -2.41. The number of nitrogens with zero attached hydrogens (tertiary/aromatic N) is 2. The molecule has 2 bridgehead atoms. The average molecular weight is 546 g/mol. The highest BCUT2D eigenvalue weighted by molar-refractivity contribution is 5.95. The molecule has 3 aliphatic heterocycles. The molecule has 1 unspecified atom stereocenters. The van der Waals surface area contributed by atoms with Crippen molar-refractivity contribution in [3.63, 3.8) is 0 Å². The molecule has 2 amide bonds. The summed E-state index contributed by atoms with van der Waals surface area (Å²) in [6, 6.07) is 12.8. The highest BCUT2D eigenvalue weighted by atomic mass is 19.1. The molecule has 5 nitrogen and oxygen atoms in total. The number of rotatable bonds is 10. The smallest absolute Gasteiger partial charge is 0.246 e. The van der Waals surface area contributed by atoms with Crippen LogP contribution in [0.5, 0.6) is 0 Å². The largest absolute Gasteiger partial charge is 0.333 e. The third-order valence-corrected chi connectivity index (χ3v) is 9.20. The number of nitrogens with one attached hydrogen (secondary N) is 1. The van der Waals surface area contributed by atoms with Crippen LogP contribution >= 0.6 is 0 Å². The second-order valence-corrected chi connectivity index (χ2v) is 12.7. The predicted octanol–water partition coefficient (Wildman–Crippen LogP) is 5.55. The second kappa shape index (κ2) is 11.9. The van der Waals surface area contributed by atoms with Crippen molar-refractivity contribution in [1.82, 2.24) is 15.1 Å². The number of hydrogen-bond donors (Lipinski definition) is 1. The van der Waals surface area contributed by atoms with Crippen molar-refractivity contribution in [3.05, 3.63) is 82.3 Å². The second-order valence-electron chi connectivity index (χ2n) is 12.7. The minimum Gasteiger partial charge on any atom is -0.333 e. The molecule has 1 aliphatic carbocycles. The maximum Gasteiger partial charge on any atom is 0.246 e. The molecule has 0 radical (unpaired) electrons. The summed E-state index contributed by atoms with van der Waals surface area (Å²) >= 11 is 0. The molecular weight excluding hydrogens is 501 g/mol. The molecule has 2 aromatic carbocycles. The molecule has 1 N–H and O–H groups in total. The fourth-order valence-corrected chi connectivity index (χ4v) is 6.72. The average Bonchev–Trinajstić information content (AvgIpc) is 3.74. The number of likely N-dealkylation sites (N-methyl/N-ethyl adjacent to an activating group) is 1. The summed E-state index contributed by atoms with van der Waals surface area (Å²) in [7, 11) is 1.73. The quantitative estimate of drug-likeness (QED) is 0.426. The monoisotopic (exact) mass is 545 g/mol. The summed E-state index contributed by atoms with van der Waals surface area (Å²) in [5.41, 5.74) is 4.15. The van der Waals surface area contributed by atoms with Crippen molar-refractivity contribution in [2.45, 2.75) is 77.2 Å².